The van der Waals surface area contributed by atoms with Crippen LogP contribution >= 0.6 is 0 Å². The first-order valence-corrected chi connectivity index (χ1v) is 4.74. The largest absolute Gasteiger partial charge is 1.00 e. The van der Waals surface area contributed by atoms with E-state index in [4.69, 9.17) is 0 Å². The first-order valence-electron chi connectivity index (χ1n) is 4.74. The normalized spacial score (nSPS) is 9.17. The van der Waals surface area contributed by atoms with Gasteiger partial charge >= 0.3 is 59.1 Å². The molecule has 7 heteroatoms. The molecule has 0 aliphatic heterocycles. The fourth-order valence-electron chi connectivity index (χ4n) is 1.37. The summed E-state index contributed by atoms with van der Waals surface area (Å²) in [5.74, 6) is -2.62. The van der Waals surface area contributed by atoms with Gasteiger partial charge in [0.1, 0.15) is 0 Å². The maximum Gasteiger partial charge on any atom is 1.00 e. The van der Waals surface area contributed by atoms with E-state index in [2.05, 4.69) is 0 Å². The maximum atomic E-state index is 10.4. The Kier molecular flexibility index (Phi) is 12.5. The number of benzene rings is 1. The second-order valence-corrected chi connectivity index (χ2v) is 3.37. The van der Waals surface area contributed by atoms with E-state index in [0.29, 0.717) is 0 Å². The van der Waals surface area contributed by atoms with Crippen LogP contribution in [0.2, 0.25) is 0 Å². The number of nitrogens with zero attached hydrogens (tertiary/aromatic N) is 1. The molecule has 0 atom stereocenters. The molecule has 0 heterocycles. The summed E-state index contributed by atoms with van der Waals surface area (Å²) in [4.78, 5) is 22.1. The van der Waals surface area contributed by atoms with E-state index in [0.717, 1.165) is 5.56 Å². The molecule has 0 amide bonds. The molecule has 0 aliphatic carbocycles. The number of carboxylic acid groups (broad SMARTS) is 2. The van der Waals surface area contributed by atoms with Crippen molar-refractivity contribution in [3.8, 4) is 0 Å². The Hall–Kier alpha value is 0.120. The van der Waals surface area contributed by atoms with Crippen LogP contribution in [-0.2, 0) is 16.1 Å². The molecule has 0 bridgehead atoms. The summed E-state index contributed by atoms with van der Waals surface area (Å²) in [6.07, 6.45) is 0. The van der Waals surface area contributed by atoms with Crippen LogP contribution in [-0.4, -0.2) is 29.9 Å². The predicted octanol–water partition coefficient (Wildman–Crippen LogP) is -8.00. The Morgan fingerprint density at radius 3 is 1.78 bits per heavy atom. The van der Waals surface area contributed by atoms with Crippen molar-refractivity contribution in [2.75, 3.05) is 13.1 Å². The molecule has 0 spiro atoms. The van der Waals surface area contributed by atoms with E-state index in [1.165, 1.54) is 4.90 Å². The molecule has 1 rings (SSSR count). The molecule has 18 heavy (non-hydrogen) atoms. The minimum Gasteiger partial charge on any atom is -0.549 e. The number of carbonyl (C=O) groups is 2. The van der Waals surface area contributed by atoms with Crippen LogP contribution in [0.4, 0.5) is 0 Å². The second kappa shape index (κ2) is 11.0. The third kappa shape index (κ3) is 9.10. The molecule has 0 saturated heterocycles. The number of aliphatic carboxylic acids is 2. The van der Waals surface area contributed by atoms with E-state index in [9.17, 15) is 19.8 Å². The molecule has 0 fully saturated rings. The van der Waals surface area contributed by atoms with Gasteiger partial charge in [-0.2, -0.15) is 0 Å². The summed E-state index contributed by atoms with van der Waals surface area (Å²) >= 11 is 0. The van der Waals surface area contributed by atoms with Crippen molar-refractivity contribution < 1.29 is 78.9 Å². The van der Waals surface area contributed by atoms with Crippen molar-refractivity contribution in [3.05, 3.63) is 35.9 Å². The molecule has 0 saturated carbocycles. The number of hydrogen-bond acceptors (Lipinski definition) is 5. The Morgan fingerprint density at radius 2 is 1.39 bits per heavy atom. The van der Waals surface area contributed by atoms with Gasteiger partial charge in [-0.1, -0.05) is 30.3 Å². The van der Waals surface area contributed by atoms with Crippen molar-refractivity contribution >= 4 is 11.9 Å². The van der Waals surface area contributed by atoms with Crippen molar-refractivity contribution in [2.24, 2.45) is 0 Å². The molecular formula is C11H11NNa2O4. The van der Waals surface area contributed by atoms with Crippen LogP contribution in [0.5, 0.6) is 0 Å². The third-order valence-electron chi connectivity index (χ3n) is 1.95. The minimum atomic E-state index is -1.31. The Bertz CT molecular complexity index is 357. The van der Waals surface area contributed by atoms with Gasteiger partial charge in [0.2, 0.25) is 0 Å². The fraction of sp³-hybridized carbons (Fsp3) is 0.273. The van der Waals surface area contributed by atoms with Gasteiger partial charge < -0.3 is 19.8 Å². The number of carbonyl (C=O) groups excluding carboxylic acids is 2. The van der Waals surface area contributed by atoms with Gasteiger partial charge in [0.15, 0.2) is 0 Å². The summed E-state index contributed by atoms with van der Waals surface area (Å²) in [7, 11) is 0. The molecule has 0 aromatic heterocycles. The summed E-state index contributed by atoms with van der Waals surface area (Å²) < 4.78 is 0. The zero-order valence-corrected chi connectivity index (χ0v) is 14.6. The van der Waals surface area contributed by atoms with Crippen LogP contribution in [0, 0.1) is 0 Å². The molecule has 0 N–H and O–H groups in total. The van der Waals surface area contributed by atoms with Crippen molar-refractivity contribution in [1.29, 1.82) is 0 Å². The average molecular weight is 267 g/mol. The summed E-state index contributed by atoms with van der Waals surface area (Å²) in [6, 6.07) is 9.00. The van der Waals surface area contributed by atoms with Gasteiger partial charge in [-0.3, -0.25) is 4.90 Å². The van der Waals surface area contributed by atoms with Crippen LogP contribution in [0.15, 0.2) is 30.3 Å². The van der Waals surface area contributed by atoms with Crippen LogP contribution in [0.25, 0.3) is 0 Å². The molecular weight excluding hydrogens is 256 g/mol. The van der Waals surface area contributed by atoms with Gasteiger partial charge in [-0.15, -0.1) is 0 Å². The van der Waals surface area contributed by atoms with Gasteiger partial charge in [0, 0.05) is 19.6 Å². The predicted molar refractivity (Wildman–Crippen MR) is 51.7 cm³/mol. The van der Waals surface area contributed by atoms with Crippen LogP contribution in [0.1, 0.15) is 5.56 Å². The molecule has 1 aromatic carbocycles. The number of hydrogen-bond donors (Lipinski definition) is 0. The second-order valence-electron chi connectivity index (χ2n) is 3.37. The summed E-state index contributed by atoms with van der Waals surface area (Å²) in [5.41, 5.74) is 0.838. The smallest absolute Gasteiger partial charge is 0.549 e. The molecule has 86 valence electrons. The van der Waals surface area contributed by atoms with Gasteiger partial charge in [-0.05, 0) is 5.56 Å². The van der Waals surface area contributed by atoms with E-state index in [1.807, 2.05) is 6.07 Å². The zero-order chi connectivity index (χ0) is 12.0. The first kappa shape index (κ1) is 20.4. The van der Waals surface area contributed by atoms with Gasteiger partial charge in [0.05, 0.1) is 11.9 Å². The van der Waals surface area contributed by atoms with Crippen LogP contribution < -0.4 is 69.3 Å². The first-order chi connectivity index (χ1) is 7.58. The Labute approximate surface area is 150 Å². The molecule has 1 aromatic rings. The van der Waals surface area contributed by atoms with E-state index in [1.54, 1.807) is 24.3 Å². The molecule has 0 radical (unpaired) electrons. The third-order valence-corrected chi connectivity index (χ3v) is 1.95. The molecule has 0 aliphatic rings. The van der Waals surface area contributed by atoms with E-state index < -0.39 is 25.0 Å². The maximum absolute atomic E-state index is 10.4. The van der Waals surface area contributed by atoms with Gasteiger partial charge in [-0.25, -0.2) is 0 Å². The molecule has 5 nitrogen and oxygen atoms in total. The summed E-state index contributed by atoms with van der Waals surface area (Å²) in [6.45, 7) is -0.617. The topological polar surface area (TPSA) is 83.5 Å². The van der Waals surface area contributed by atoms with Crippen LogP contribution in [0.3, 0.4) is 0 Å². The average Bonchev–Trinajstić information content (AvgIpc) is 2.16. The van der Waals surface area contributed by atoms with E-state index in [-0.39, 0.29) is 65.7 Å². The minimum absolute atomic E-state index is 0. The quantitative estimate of drug-likeness (QED) is 0.478. The fourth-order valence-corrected chi connectivity index (χ4v) is 1.37. The Morgan fingerprint density at radius 1 is 0.944 bits per heavy atom. The Balaban J connectivity index is 0. The van der Waals surface area contributed by atoms with Crippen molar-refractivity contribution in [1.82, 2.24) is 4.90 Å². The standard InChI is InChI=1S/C11H13NO4.2Na/c13-10(14)7-12(8-11(15)16)6-9-4-2-1-3-5-9;;/h1-5H,6-8H2,(H,13,14)(H,15,16);;/q;2*+1/p-2. The monoisotopic (exact) mass is 267 g/mol. The SMILES string of the molecule is O=C([O-])CN(CC(=O)[O-])Cc1ccccc1.[Na+].[Na+]. The zero-order valence-electron chi connectivity index (χ0n) is 10.6. The van der Waals surface area contributed by atoms with E-state index >= 15 is 0 Å². The number of rotatable bonds is 6. The molecule has 0 unspecified atom stereocenters. The number of carboxylic acids is 2. The van der Waals surface area contributed by atoms with Crippen molar-refractivity contribution in [2.45, 2.75) is 6.54 Å². The summed E-state index contributed by atoms with van der Waals surface area (Å²) in [5, 5.41) is 20.8. The van der Waals surface area contributed by atoms with Crippen molar-refractivity contribution in [3.63, 3.8) is 0 Å². The van der Waals surface area contributed by atoms with Gasteiger partial charge in [0.25, 0.3) is 0 Å².